The van der Waals surface area contributed by atoms with Crippen LogP contribution in [-0.2, 0) is 0 Å². The first-order chi connectivity index (χ1) is 16.5. The van der Waals surface area contributed by atoms with E-state index in [4.69, 9.17) is 4.52 Å². The van der Waals surface area contributed by atoms with Crippen molar-refractivity contribution in [3.05, 3.63) is 90.3 Å². The van der Waals surface area contributed by atoms with E-state index in [2.05, 4.69) is 82.9 Å². The highest BCUT2D eigenvalue weighted by atomic mass is 16.5. The van der Waals surface area contributed by atoms with Crippen molar-refractivity contribution in [2.24, 2.45) is 0 Å². The van der Waals surface area contributed by atoms with E-state index in [1.807, 2.05) is 36.4 Å². The first-order valence-corrected chi connectivity index (χ1v) is 11.6. The molecule has 5 aromatic rings. The van der Waals surface area contributed by atoms with Gasteiger partial charge in [0.15, 0.2) is 23.1 Å². The first kappa shape index (κ1) is 21.8. The van der Waals surface area contributed by atoms with Gasteiger partial charge in [-0.15, -0.1) is 10.2 Å². The summed E-state index contributed by atoms with van der Waals surface area (Å²) in [5, 5.41) is 13.6. The third-order valence-corrected chi connectivity index (χ3v) is 5.95. The lowest BCUT2D eigenvalue weighted by atomic mass is 9.92. The molecular formula is C28H27N5O. The predicted octanol–water partition coefficient (Wildman–Crippen LogP) is 6.90. The third-order valence-electron chi connectivity index (χ3n) is 5.95. The van der Waals surface area contributed by atoms with E-state index in [1.165, 1.54) is 11.1 Å². The smallest absolute Gasteiger partial charge is 0.191 e. The molecule has 3 heterocycles. The summed E-state index contributed by atoms with van der Waals surface area (Å²) >= 11 is 0. The standard InChI is InChI=1S/C28H27N5O/c1-18(2)22-13-8-14-23(19(3)4)26(22)33-27(20-10-6-5-7-11-20)30-31-28(33)24-16-25(34-32-24)21-12-9-15-29-17-21/h5-19H,1-4H3. The maximum absolute atomic E-state index is 5.70. The largest absolute Gasteiger partial charge is 0.355 e. The van der Waals surface area contributed by atoms with Crippen LogP contribution in [0.15, 0.2) is 83.6 Å². The van der Waals surface area contributed by atoms with Gasteiger partial charge in [-0.2, -0.15) is 0 Å². The molecule has 0 radical (unpaired) electrons. The van der Waals surface area contributed by atoms with Crippen LogP contribution in [0.25, 0.3) is 39.9 Å². The van der Waals surface area contributed by atoms with E-state index < -0.39 is 0 Å². The Morgan fingerprint density at radius 2 is 1.41 bits per heavy atom. The monoisotopic (exact) mass is 449 g/mol. The van der Waals surface area contributed by atoms with Crippen molar-refractivity contribution < 1.29 is 4.52 Å². The van der Waals surface area contributed by atoms with Crippen molar-refractivity contribution in [1.82, 2.24) is 24.9 Å². The summed E-state index contributed by atoms with van der Waals surface area (Å²) in [6, 6.07) is 22.4. The van der Waals surface area contributed by atoms with Gasteiger partial charge < -0.3 is 4.52 Å². The minimum Gasteiger partial charge on any atom is -0.355 e. The maximum Gasteiger partial charge on any atom is 0.191 e. The zero-order valence-corrected chi connectivity index (χ0v) is 19.8. The molecule has 34 heavy (non-hydrogen) atoms. The van der Waals surface area contributed by atoms with Crippen molar-refractivity contribution in [2.45, 2.75) is 39.5 Å². The molecule has 170 valence electrons. The van der Waals surface area contributed by atoms with E-state index >= 15 is 0 Å². The summed E-state index contributed by atoms with van der Waals surface area (Å²) in [7, 11) is 0. The van der Waals surface area contributed by atoms with Crippen LogP contribution in [0.2, 0.25) is 0 Å². The normalized spacial score (nSPS) is 11.5. The van der Waals surface area contributed by atoms with E-state index in [9.17, 15) is 0 Å². The Morgan fingerprint density at radius 1 is 0.735 bits per heavy atom. The second-order valence-corrected chi connectivity index (χ2v) is 8.96. The van der Waals surface area contributed by atoms with Crippen LogP contribution < -0.4 is 0 Å². The molecule has 0 N–H and O–H groups in total. The lowest BCUT2D eigenvalue weighted by Gasteiger charge is -2.22. The molecule has 3 aromatic heterocycles. The SMILES string of the molecule is CC(C)c1cccc(C(C)C)c1-n1c(-c2ccccc2)nnc1-c1cc(-c2cccnc2)on1. The van der Waals surface area contributed by atoms with Gasteiger partial charge in [-0.1, -0.05) is 81.4 Å². The molecule has 0 spiro atoms. The number of hydrogen-bond donors (Lipinski definition) is 0. The van der Waals surface area contributed by atoms with Crippen LogP contribution >= 0.6 is 0 Å². The summed E-state index contributed by atoms with van der Waals surface area (Å²) < 4.78 is 7.84. The number of pyridine rings is 1. The lowest BCUT2D eigenvalue weighted by Crippen LogP contribution is -2.10. The Balaban J connectivity index is 1.78. The lowest BCUT2D eigenvalue weighted by molar-refractivity contribution is 0.434. The van der Waals surface area contributed by atoms with Crippen LogP contribution in [0.3, 0.4) is 0 Å². The highest BCUT2D eigenvalue weighted by Gasteiger charge is 2.25. The minimum atomic E-state index is 0.316. The Labute approximate surface area is 199 Å². The molecule has 2 aromatic carbocycles. The molecule has 0 unspecified atom stereocenters. The first-order valence-electron chi connectivity index (χ1n) is 11.6. The Kier molecular flexibility index (Phi) is 5.80. The van der Waals surface area contributed by atoms with Gasteiger partial charge >= 0.3 is 0 Å². The molecule has 0 atom stereocenters. The quantitative estimate of drug-likeness (QED) is 0.282. The van der Waals surface area contributed by atoms with Gasteiger partial charge in [0.1, 0.15) is 0 Å². The Morgan fingerprint density at radius 3 is 2.06 bits per heavy atom. The fourth-order valence-electron chi connectivity index (χ4n) is 4.23. The molecule has 6 nitrogen and oxygen atoms in total. The van der Waals surface area contributed by atoms with Crippen molar-refractivity contribution in [2.75, 3.05) is 0 Å². The molecule has 0 aliphatic heterocycles. The number of para-hydroxylation sites is 1. The van der Waals surface area contributed by atoms with Crippen molar-refractivity contribution in [3.8, 4) is 39.9 Å². The molecule has 5 rings (SSSR count). The summed E-state index contributed by atoms with van der Waals surface area (Å²) in [4.78, 5) is 4.19. The minimum absolute atomic E-state index is 0.316. The number of benzene rings is 2. The van der Waals surface area contributed by atoms with Crippen LogP contribution in [0.5, 0.6) is 0 Å². The molecule has 0 amide bonds. The second kappa shape index (κ2) is 9.06. The van der Waals surface area contributed by atoms with Crippen LogP contribution in [-0.4, -0.2) is 24.9 Å². The van der Waals surface area contributed by atoms with E-state index in [1.54, 1.807) is 12.4 Å². The Bertz CT molecular complexity index is 1380. The van der Waals surface area contributed by atoms with Crippen molar-refractivity contribution in [3.63, 3.8) is 0 Å². The van der Waals surface area contributed by atoms with E-state index in [-0.39, 0.29) is 0 Å². The number of hydrogen-bond acceptors (Lipinski definition) is 5. The summed E-state index contributed by atoms with van der Waals surface area (Å²) in [5.74, 6) is 2.69. The van der Waals surface area contributed by atoms with Gasteiger partial charge in [0.05, 0.1) is 5.69 Å². The fourth-order valence-corrected chi connectivity index (χ4v) is 4.23. The summed E-state index contributed by atoms with van der Waals surface area (Å²) in [6.45, 7) is 8.86. The van der Waals surface area contributed by atoms with Gasteiger partial charge in [0.2, 0.25) is 0 Å². The molecule has 0 bridgehead atoms. The number of nitrogens with zero attached hydrogens (tertiary/aromatic N) is 5. The van der Waals surface area contributed by atoms with E-state index in [0.29, 0.717) is 29.1 Å². The number of rotatable bonds is 6. The molecule has 0 aliphatic rings. The molecular weight excluding hydrogens is 422 g/mol. The Hall–Kier alpha value is -4.06. The van der Waals surface area contributed by atoms with E-state index in [0.717, 1.165) is 22.6 Å². The van der Waals surface area contributed by atoms with Crippen LogP contribution in [0, 0.1) is 0 Å². The highest BCUT2D eigenvalue weighted by molar-refractivity contribution is 5.70. The van der Waals surface area contributed by atoms with Crippen molar-refractivity contribution in [1.29, 1.82) is 0 Å². The van der Waals surface area contributed by atoms with Crippen LogP contribution in [0.4, 0.5) is 0 Å². The highest BCUT2D eigenvalue weighted by Crippen LogP contribution is 2.37. The van der Waals surface area contributed by atoms with Crippen LogP contribution in [0.1, 0.15) is 50.7 Å². The molecule has 0 aliphatic carbocycles. The molecule has 6 heteroatoms. The van der Waals surface area contributed by atoms with Gasteiger partial charge in [0.25, 0.3) is 0 Å². The topological polar surface area (TPSA) is 69.6 Å². The maximum atomic E-state index is 5.70. The third kappa shape index (κ3) is 3.92. The average molecular weight is 450 g/mol. The zero-order valence-electron chi connectivity index (χ0n) is 19.8. The van der Waals surface area contributed by atoms with Crippen molar-refractivity contribution >= 4 is 0 Å². The average Bonchev–Trinajstić information content (AvgIpc) is 3.52. The van der Waals surface area contributed by atoms with Gasteiger partial charge in [-0.05, 0) is 35.1 Å². The fraction of sp³-hybridized carbons (Fsp3) is 0.214. The molecule has 0 fully saturated rings. The number of aromatic nitrogens is 5. The zero-order chi connectivity index (χ0) is 23.7. The predicted molar refractivity (Wildman–Crippen MR) is 134 cm³/mol. The summed E-state index contributed by atoms with van der Waals surface area (Å²) in [6.07, 6.45) is 3.50. The van der Waals surface area contributed by atoms with Gasteiger partial charge in [0, 0.05) is 29.6 Å². The van der Waals surface area contributed by atoms with Gasteiger partial charge in [-0.3, -0.25) is 9.55 Å². The van der Waals surface area contributed by atoms with Gasteiger partial charge in [-0.25, -0.2) is 0 Å². The second-order valence-electron chi connectivity index (χ2n) is 8.96. The molecule has 0 saturated heterocycles. The summed E-state index contributed by atoms with van der Waals surface area (Å²) in [5.41, 5.74) is 6.06. The molecule has 0 saturated carbocycles.